The second-order valence-electron chi connectivity index (χ2n) is 7.31. The summed E-state index contributed by atoms with van der Waals surface area (Å²) >= 11 is 0. The van der Waals surface area contributed by atoms with Crippen molar-refractivity contribution >= 4 is 21.6 Å². The van der Waals surface area contributed by atoms with Gasteiger partial charge in [0.05, 0.1) is 6.26 Å². The van der Waals surface area contributed by atoms with Gasteiger partial charge in [0.15, 0.2) is 0 Å². The highest BCUT2D eigenvalue weighted by atomic mass is 32.2. The second kappa shape index (κ2) is 9.37. The summed E-state index contributed by atoms with van der Waals surface area (Å²) in [6.07, 6.45) is 5.58. The van der Waals surface area contributed by atoms with Crippen LogP contribution in [0.15, 0.2) is 24.3 Å². The number of carbonyl (C=O) groups excluding carboxylic acids is 1. The molecule has 146 valence electrons. The third-order valence-corrected chi connectivity index (χ3v) is 5.38. The number of sulfonamides is 1. The van der Waals surface area contributed by atoms with Gasteiger partial charge in [0, 0.05) is 30.9 Å². The Balaban J connectivity index is 1.89. The molecule has 1 aromatic rings. The first-order valence-corrected chi connectivity index (χ1v) is 11.2. The van der Waals surface area contributed by atoms with E-state index in [1.165, 1.54) is 12.8 Å². The van der Waals surface area contributed by atoms with Crippen molar-refractivity contribution in [3.05, 3.63) is 29.8 Å². The molecule has 0 radical (unpaired) electrons. The molecule has 1 fully saturated rings. The molecule has 0 atom stereocenters. The molecule has 1 amide bonds. The van der Waals surface area contributed by atoms with E-state index in [9.17, 15) is 13.2 Å². The van der Waals surface area contributed by atoms with Crippen LogP contribution in [0.1, 0.15) is 43.0 Å². The van der Waals surface area contributed by atoms with Gasteiger partial charge in [0.2, 0.25) is 10.0 Å². The zero-order valence-corrected chi connectivity index (χ0v) is 16.9. The Morgan fingerprint density at radius 3 is 2.62 bits per heavy atom. The monoisotopic (exact) mass is 381 g/mol. The van der Waals surface area contributed by atoms with Crippen molar-refractivity contribution in [1.29, 1.82) is 0 Å². The highest BCUT2D eigenvalue weighted by molar-refractivity contribution is 7.92. The lowest BCUT2D eigenvalue weighted by molar-refractivity contribution is 0.0673. The third kappa shape index (κ3) is 6.61. The normalized spacial score (nSPS) is 16.1. The van der Waals surface area contributed by atoms with Crippen LogP contribution in [0.25, 0.3) is 0 Å². The van der Waals surface area contributed by atoms with Crippen LogP contribution in [0, 0.1) is 5.92 Å². The van der Waals surface area contributed by atoms with Crippen LogP contribution in [0.4, 0.5) is 5.69 Å². The average molecular weight is 382 g/mol. The van der Waals surface area contributed by atoms with Gasteiger partial charge in [-0.05, 0) is 57.0 Å². The summed E-state index contributed by atoms with van der Waals surface area (Å²) in [4.78, 5) is 17.0. The van der Waals surface area contributed by atoms with Gasteiger partial charge in [0.1, 0.15) is 0 Å². The minimum atomic E-state index is -3.35. The first-order chi connectivity index (χ1) is 12.3. The van der Waals surface area contributed by atoms with Crippen LogP contribution >= 0.6 is 0 Å². The Bertz CT molecular complexity index is 698. The lowest BCUT2D eigenvalue weighted by atomic mass is 9.95. The van der Waals surface area contributed by atoms with E-state index >= 15 is 0 Å². The van der Waals surface area contributed by atoms with Crippen molar-refractivity contribution in [2.24, 2.45) is 5.92 Å². The largest absolute Gasteiger partial charge is 0.339 e. The maximum Gasteiger partial charge on any atom is 0.253 e. The van der Waals surface area contributed by atoms with E-state index in [0.717, 1.165) is 45.3 Å². The first kappa shape index (κ1) is 20.7. The van der Waals surface area contributed by atoms with Gasteiger partial charge in [-0.25, -0.2) is 8.42 Å². The fraction of sp³-hybridized carbons (Fsp3) is 0.632. The molecule has 0 aliphatic carbocycles. The molecule has 0 bridgehead atoms. The summed E-state index contributed by atoms with van der Waals surface area (Å²) in [6, 6.07) is 6.70. The van der Waals surface area contributed by atoms with Crippen LogP contribution < -0.4 is 4.72 Å². The van der Waals surface area contributed by atoms with Crippen LogP contribution in [-0.2, 0) is 10.0 Å². The van der Waals surface area contributed by atoms with Crippen molar-refractivity contribution in [3.8, 4) is 0 Å². The number of rotatable bonds is 8. The Kier molecular flexibility index (Phi) is 7.46. The van der Waals surface area contributed by atoms with Crippen molar-refractivity contribution in [2.45, 2.75) is 32.6 Å². The highest BCUT2D eigenvalue weighted by Crippen LogP contribution is 2.21. The van der Waals surface area contributed by atoms with E-state index in [4.69, 9.17) is 0 Å². The van der Waals surface area contributed by atoms with E-state index in [1.807, 2.05) is 4.90 Å². The summed E-state index contributed by atoms with van der Waals surface area (Å²) in [7, 11) is -1.18. The fourth-order valence-corrected chi connectivity index (χ4v) is 3.95. The van der Waals surface area contributed by atoms with E-state index in [1.54, 1.807) is 24.3 Å². The molecule has 6 nitrogen and oxygen atoms in total. The maximum absolute atomic E-state index is 12.7. The number of carbonyl (C=O) groups is 1. The molecule has 7 heteroatoms. The fourth-order valence-electron chi connectivity index (χ4n) is 3.39. The molecular formula is C19H31N3O3S. The third-order valence-electron chi connectivity index (χ3n) is 4.78. The van der Waals surface area contributed by atoms with E-state index in [-0.39, 0.29) is 5.91 Å². The summed E-state index contributed by atoms with van der Waals surface area (Å²) in [5.74, 6) is 0.610. The van der Waals surface area contributed by atoms with Gasteiger partial charge in [-0.15, -0.1) is 0 Å². The molecular weight excluding hydrogens is 350 g/mol. The van der Waals surface area contributed by atoms with E-state index in [2.05, 4.69) is 23.6 Å². The SMILES string of the molecule is CCCCN(C)CC1CCN(C(=O)c2cccc(NS(C)(=O)=O)c2)CC1. The lowest BCUT2D eigenvalue weighted by Gasteiger charge is -2.34. The zero-order chi connectivity index (χ0) is 19.2. The summed E-state index contributed by atoms with van der Waals surface area (Å²) in [6.45, 7) is 5.95. The first-order valence-electron chi connectivity index (χ1n) is 9.34. The highest BCUT2D eigenvalue weighted by Gasteiger charge is 2.24. The van der Waals surface area contributed by atoms with Crippen molar-refractivity contribution in [1.82, 2.24) is 9.80 Å². The Labute approximate surface area is 157 Å². The van der Waals surface area contributed by atoms with Gasteiger partial charge in [-0.1, -0.05) is 19.4 Å². The van der Waals surface area contributed by atoms with E-state index < -0.39 is 10.0 Å². The van der Waals surface area contributed by atoms with Crippen molar-refractivity contribution in [3.63, 3.8) is 0 Å². The van der Waals surface area contributed by atoms with Crippen molar-refractivity contribution in [2.75, 3.05) is 44.2 Å². The molecule has 26 heavy (non-hydrogen) atoms. The number of anilines is 1. The van der Waals surface area contributed by atoms with Crippen LogP contribution in [-0.4, -0.2) is 63.6 Å². The quantitative estimate of drug-likeness (QED) is 0.752. The molecule has 0 saturated carbocycles. The summed E-state index contributed by atoms with van der Waals surface area (Å²) in [5.41, 5.74) is 0.947. The number of nitrogens with one attached hydrogen (secondary N) is 1. The molecule has 1 saturated heterocycles. The lowest BCUT2D eigenvalue weighted by Crippen LogP contribution is -2.41. The minimum Gasteiger partial charge on any atom is -0.339 e. The maximum atomic E-state index is 12.7. The average Bonchev–Trinajstić information content (AvgIpc) is 2.59. The predicted molar refractivity (Wildman–Crippen MR) is 106 cm³/mol. The van der Waals surface area contributed by atoms with Gasteiger partial charge < -0.3 is 9.80 Å². The Morgan fingerprint density at radius 2 is 2.00 bits per heavy atom. The molecule has 1 aromatic carbocycles. The van der Waals surface area contributed by atoms with Gasteiger partial charge >= 0.3 is 0 Å². The number of hydrogen-bond acceptors (Lipinski definition) is 4. The number of piperidine rings is 1. The molecule has 1 aliphatic heterocycles. The molecule has 1 N–H and O–H groups in total. The Morgan fingerprint density at radius 1 is 1.31 bits per heavy atom. The van der Waals surface area contributed by atoms with Crippen LogP contribution in [0.5, 0.6) is 0 Å². The van der Waals surface area contributed by atoms with Gasteiger partial charge in [-0.2, -0.15) is 0 Å². The molecule has 1 heterocycles. The van der Waals surface area contributed by atoms with Crippen LogP contribution in [0.2, 0.25) is 0 Å². The van der Waals surface area contributed by atoms with E-state index in [0.29, 0.717) is 17.2 Å². The van der Waals surface area contributed by atoms with Gasteiger partial charge in [-0.3, -0.25) is 9.52 Å². The number of unbranched alkanes of at least 4 members (excludes halogenated alkanes) is 1. The summed E-state index contributed by atoms with van der Waals surface area (Å²) < 4.78 is 25.1. The molecule has 0 aromatic heterocycles. The summed E-state index contributed by atoms with van der Waals surface area (Å²) in [5, 5.41) is 0. The van der Waals surface area contributed by atoms with Gasteiger partial charge in [0.25, 0.3) is 5.91 Å². The predicted octanol–water partition coefficient (Wildman–Crippen LogP) is 2.64. The van der Waals surface area contributed by atoms with Crippen molar-refractivity contribution < 1.29 is 13.2 Å². The number of likely N-dealkylation sites (tertiary alicyclic amines) is 1. The smallest absolute Gasteiger partial charge is 0.253 e. The number of amides is 1. The number of benzene rings is 1. The topological polar surface area (TPSA) is 69.7 Å². The Hall–Kier alpha value is -1.60. The zero-order valence-electron chi connectivity index (χ0n) is 16.1. The van der Waals surface area contributed by atoms with Crippen LogP contribution in [0.3, 0.4) is 0 Å². The minimum absolute atomic E-state index is 0.0278. The number of hydrogen-bond donors (Lipinski definition) is 1. The molecule has 1 aliphatic rings. The molecule has 2 rings (SSSR count). The second-order valence-corrected chi connectivity index (χ2v) is 9.05. The molecule has 0 spiro atoms. The molecule has 0 unspecified atom stereocenters. The standard InChI is InChI=1S/C19H31N3O3S/c1-4-5-11-21(2)15-16-9-12-22(13-10-16)19(23)17-7-6-8-18(14-17)20-26(3,24)25/h6-8,14,16,20H,4-5,9-13,15H2,1-3H3. The number of nitrogens with zero attached hydrogens (tertiary/aromatic N) is 2.